The fourth-order valence-electron chi connectivity index (χ4n) is 1.84. The molecule has 1 amide bonds. The van der Waals surface area contributed by atoms with E-state index in [-0.39, 0.29) is 24.5 Å². The van der Waals surface area contributed by atoms with Gasteiger partial charge < -0.3 is 10.4 Å². The highest BCUT2D eigenvalue weighted by molar-refractivity contribution is 7.21. The molecule has 2 aromatic heterocycles. The molecule has 0 saturated heterocycles. The van der Waals surface area contributed by atoms with E-state index in [1.165, 1.54) is 11.3 Å². The highest BCUT2D eigenvalue weighted by atomic mass is 32.1. The van der Waals surface area contributed by atoms with E-state index in [0.29, 0.717) is 11.3 Å². The van der Waals surface area contributed by atoms with Crippen LogP contribution in [0.4, 0.5) is 0 Å². The first-order chi connectivity index (χ1) is 9.61. The van der Waals surface area contributed by atoms with Crippen molar-refractivity contribution in [3.63, 3.8) is 0 Å². The number of aliphatic hydroxyl groups is 1. The van der Waals surface area contributed by atoms with Crippen LogP contribution in [0.1, 0.15) is 29.9 Å². The maximum absolute atomic E-state index is 12.2. The number of amides is 1. The summed E-state index contributed by atoms with van der Waals surface area (Å²) < 4.78 is 0. The van der Waals surface area contributed by atoms with Crippen LogP contribution in [0.5, 0.6) is 0 Å². The molecule has 2 aromatic rings. The Morgan fingerprint density at radius 1 is 1.50 bits per heavy atom. The highest BCUT2D eigenvalue weighted by Crippen LogP contribution is 2.28. The summed E-state index contributed by atoms with van der Waals surface area (Å²) in [6.45, 7) is 4.14. The number of rotatable bonds is 6. The smallest absolute Gasteiger partial charge is 0.263 e. The minimum atomic E-state index is -0.113. The molecule has 6 heteroatoms. The van der Waals surface area contributed by atoms with Crippen molar-refractivity contribution in [2.24, 2.45) is 5.92 Å². The summed E-state index contributed by atoms with van der Waals surface area (Å²) in [6.07, 6.45) is 2.19. The zero-order chi connectivity index (χ0) is 14.5. The Bertz CT molecular complexity index is 549. The third-order valence-electron chi connectivity index (χ3n) is 3.02. The van der Waals surface area contributed by atoms with Gasteiger partial charge in [-0.2, -0.15) is 0 Å². The average Bonchev–Trinajstić information content (AvgIpc) is 3.08. The zero-order valence-corrected chi connectivity index (χ0v) is 13.1. The van der Waals surface area contributed by atoms with Gasteiger partial charge >= 0.3 is 0 Å². The molecule has 0 aliphatic rings. The van der Waals surface area contributed by atoms with E-state index in [9.17, 15) is 4.79 Å². The lowest BCUT2D eigenvalue weighted by Gasteiger charge is -2.20. The Balaban J connectivity index is 2.06. The summed E-state index contributed by atoms with van der Waals surface area (Å²) in [4.78, 5) is 18.2. The molecular formula is C14H18N2O2S2. The first-order valence-electron chi connectivity index (χ1n) is 6.53. The molecule has 20 heavy (non-hydrogen) atoms. The van der Waals surface area contributed by atoms with Crippen LogP contribution in [0, 0.1) is 5.92 Å². The third-order valence-corrected chi connectivity index (χ3v) is 5.06. The van der Waals surface area contributed by atoms with Crippen LogP contribution in [0.15, 0.2) is 23.7 Å². The number of hydrogen-bond donors (Lipinski definition) is 2. The van der Waals surface area contributed by atoms with Gasteiger partial charge in [0.15, 0.2) is 0 Å². The predicted octanol–water partition coefficient (Wildman–Crippen LogP) is 3.01. The van der Waals surface area contributed by atoms with Gasteiger partial charge in [0.05, 0.1) is 11.1 Å². The van der Waals surface area contributed by atoms with Crippen molar-refractivity contribution in [3.05, 3.63) is 28.6 Å². The van der Waals surface area contributed by atoms with Crippen molar-refractivity contribution in [1.82, 2.24) is 10.3 Å². The van der Waals surface area contributed by atoms with Gasteiger partial charge in [-0.15, -0.1) is 22.7 Å². The number of carbonyl (C=O) groups is 1. The van der Waals surface area contributed by atoms with E-state index >= 15 is 0 Å². The second kappa shape index (κ2) is 6.97. The number of aliphatic hydroxyl groups excluding tert-OH is 1. The minimum Gasteiger partial charge on any atom is -0.396 e. The molecule has 0 aromatic carbocycles. The van der Waals surface area contributed by atoms with E-state index in [1.54, 1.807) is 17.5 Å². The number of thiazole rings is 1. The summed E-state index contributed by atoms with van der Waals surface area (Å²) in [5.74, 6) is 0.174. The molecule has 2 N–H and O–H groups in total. The molecule has 0 aliphatic carbocycles. The second-order valence-electron chi connectivity index (χ2n) is 4.84. The van der Waals surface area contributed by atoms with E-state index in [1.807, 2.05) is 31.4 Å². The van der Waals surface area contributed by atoms with Crippen LogP contribution in [-0.4, -0.2) is 28.6 Å². The van der Waals surface area contributed by atoms with E-state index < -0.39 is 0 Å². The fraction of sp³-hybridized carbons (Fsp3) is 0.429. The highest BCUT2D eigenvalue weighted by Gasteiger charge is 2.18. The number of thiophene rings is 1. The Morgan fingerprint density at radius 2 is 2.30 bits per heavy atom. The molecule has 108 valence electrons. The van der Waals surface area contributed by atoms with E-state index in [0.717, 1.165) is 9.88 Å². The first-order valence-corrected chi connectivity index (χ1v) is 8.23. The van der Waals surface area contributed by atoms with Crippen molar-refractivity contribution in [3.8, 4) is 9.88 Å². The predicted molar refractivity (Wildman–Crippen MR) is 83.2 cm³/mol. The number of nitrogens with zero attached hydrogens (tertiary/aromatic N) is 1. The van der Waals surface area contributed by atoms with Crippen LogP contribution in [0.25, 0.3) is 9.88 Å². The Labute approximate surface area is 126 Å². The lowest BCUT2D eigenvalue weighted by atomic mass is 10.0. The van der Waals surface area contributed by atoms with Gasteiger partial charge in [-0.1, -0.05) is 19.9 Å². The lowest BCUT2D eigenvalue weighted by molar-refractivity contribution is 0.0920. The van der Waals surface area contributed by atoms with Crippen molar-refractivity contribution in [2.75, 3.05) is 6.61 Å². The molecule has 0 saturated carbocycles. The third kappa shape index (κ3) is 3.65. The molecule has 1 atom stereocenters. The van der Waals surface area contributed by atoms with Gasteiger partial charge in [-0.3, -0.25) is 4.79 Å². The molecule has 2 rings (SSSR count). The van der Waals surface area contributed by atoms with Crippen LogP contribution >= 0.6 is 22.7 Å². The second-order valence-corrected chi connectivity index (χ2v) is 6.82. The van der Waals surface area contributed by atoms with Gasteiger partial charge in [0, 0.05) is 12.6 Å². The molecule has 2 heterocycles. The van der Waals surface area contributed by atoms with Gasteiger partial charge in [0.2, 0.25) is 0 Å². The van der Waals surface area contributed by atoms with Crippen LogP contribution in [0.3, 0.4) is 0 Å². The molecule has 0 radical (unpaired) electrons. The molecule has 0 aliphatic heterocycles. The molecule has 0 fully saturated rings. The van der Waals surface area contributed by atoms with Crippen molar-refractivity contribution >= 4 is 28.6 Å². The van der Waals surface area contributed by atoms with E-state index in [4.69, 9.17) is 5.11 Å². The Morgan fingerprint density at radius 3 is 2.90 bits per heavy atom. The summed E-state index contributed by atoms with van der Waals surface area (Å²) >= 11 is 3.01. The number of aromatic nitrogens is 1. The molecule has 1 unspecified atom stereocenters. The standard InChI is InChI=1S/C14H18N2O2S2/c1-9(2)10(5-6-17)16-13(18)12-8-15-14(20-12)11-4-3-7-19-11/h3-4,7-10,17H,5-6H2,1-2H3,(H,16,18). The lowest BCUT2D eigenvalue weighted by Crippen LogP contribution is -2.38. The average molecular weight is 310 g/mol. The maximum atomic E-state index is 12.2. The zero-order valence-electron chi connectivity index (χ0n) is 11.5. The maximum Gasteiger partial charge on any atom is 0.263 e. The summed E-state index contributed by atoms with van der Waals surface area (Å²) in [5, 5.41) is 14.9. The number of nitrogens with one attached hydrogen (secondary N) is 1. The van der Waals surface area contributed by atoms with Crippen LogP contribution < -0.4 is 5.32 Å². The Kier molecular flexibility index (Phi) is 5.28. The van der Waals surface area contributed by atoms with Crippen molar-refractivity contribution in [1.29, 1.82) is 0 Å². The molecule has 0 spiro atoms. The van der Waals surface area contributed by atoms with Gasteiger partial charge in [0.25, 0.3) is 5.91 Å². The van der Waals surface area contributed by atoms with Crippen LogP contribution in [-0.2, 0) is 0 Å². The molecule has 4 nitrogen and oxygen atoms in total. The number of carbonyl (C=O) groups excluding carboxylic acids is 1. The Hall–Kier alpha value is -1.24. The summed E-state index contributed by atoms with van der Waals surface area (Å²) in [7, 11) is 0. The van der Waals surface area contributed by atoms with Gasteiger partial charge in [-0.05, 0) is 23.8 Å². The quantitative estimate of drug-likeness (QED) is 0.862. The first kappa shape index (κ1) is 15.2. The van der Waals surface area contributed by atoms with Gasteiger partial charge in [0.1, 0.15) is 9.88 Å². The largest absolute Gasteiger partial charge is 0.396 e. The molecule has 0 bridgehead atoms. The summed E-state index contributed by atoms with van der Waals surface area (Å²) in [6, 6.07) is 3.95. The minimum absolute atomic E-state index is 0.0141. The monoisotopic (exact) mass is 310 g/mol. The van der Waals surface area contributed by atoms with Crippen molar-refractivity contribution < 1.29 is 9.90 Å². The normalized spacial score (nSPS) is 12.6. The number of hydrogen-bond acceptors (Lipinski definition) is 5. The summed E-state index contributed by atoms with van der Waals surface area (Å²) in [5.41, 5.74) is 0. The molecular weight excluding hydrogens is 292 g/mol. The fourth-order valence-corrected chi connectivity index (χ4v) is 3.47. The topological polar surface area (TPSA) is 62.2 Å². The van der Waals surface area contributed by atoms with E-state index in [2.05, 4.69) is 10.3 Å². The van der Waals surface area contributed by atoms with Crippen LogP contribution in [0.2, 0.25) is 0 Å². The SMILES string of the molecule is CC(C)C(CCO)NC(=O)c1cnc(-c2cccs2)s1. The van der Waals surface area contributed by atoms with Gasteiger partial charge in [-0.25, -0.2) is 4.98 Å². The van der Waals surface area contributed by atoms with Crippen molar-refractivity contribution in [2.45, 2.75) is 26.3 Å².